The molecule has 27 heavy (non-hydrogen) atoms. The average molecular weight is 385 g/mol. The lowest BCUT2D eigenvalue weighted by atomic mass is 10.0. The van der Waals surface area contributed by atoms with Gasteiger partial charge in [-0.15, -0.1) is 0 Å². The topological polar surface area (TPSA) is 63.6 Å². The second kappa shape index (κ2) is 19.7. The van der Waals surface area contributed by atoms with Crippen LogP contribution in [-0.4, -0.2) is 23.1 Å². The highest BCUT2D eigenvalue weighted by Crippen LogP contribution is 2.14. The lowest BCUT2D eigenvalue weighted by Gasteiger charge is -2.12. The highest BCUT2D eigenvalue weighted by atomic mass is 16.5. The van der Waals surface area contributed by atoms with Crippen molar-refractivity contribution in [1.29, 1.82) is 0 Å². The Labute approximate surface area is 167 Å². The molecule has 0 bridgehead atoms. The Hall–Kier alpha value is -1.06. The monoisotopic (exact) mass is 384 g/mol. The molecule has 0 aromatic carbocycles. The lowest BCUT2D eigenvalue weighted by molar-refractivity contribution is -0.148. The van der Waals surface area contributed by atoms with Gasteiger partial charge in [0.1, 0.15) is 0 Å². The Bertz CT molecular complexity index is 354. The highest BCUT2D eigenvalue weighted by molar-refractivity contribution is 5.69. The molecule has 0 saturated carbocycles. The third-order valence-corrected chi connectivity index (χ3v) is 5.07. The van der Waals surface area contributed by atoms with Crippen LogP contribution in [0.4, 0.5) is 0 Å². The van der Waals surface area contributed by atoms with E-state index in [1.165, 1.54) is 77.0 Å². The van der Waals surface area contributed by atoms with Crippen LogP contribution in [0.1, 0.15) is 129 Å². The Morgan fingerprint density at radius 2 is 1.15 bits per heavy atom. The molecule has 0 fully saturated rings. The van der Waals surface area contributed by atoms with Crippen LogP contribution in [0.25, 0.3) is 0 Å². The molecule has 0 saturated heterocycles. The number of ether oxygens (including phenoxy) is 1. The highest BCUT2D eigenvalue weighted by Gasteiger charge is 2.10. The molecule has 1 unspecified atom stereocenters. The number of esters is 1. The van der Waals surface area contributed by atoms with Crippen molar-refractivity contribution in [3.63, 3.8) is 0 Å². The number of hydrogen-bond donors (Lipinski definition) is 1. The summed E-state index contributed by atoms with van der Waals surface area (Å²) in [6.07, 6.45) is 19.9. The van der Waals surface area contributed by atoms with Gasteiger partial charge < -0.3 is 9.84 Å². The van der Waals surface area contributed by atoms with Crippen molar-refractivity contribution >= 4 is 11.9 Å². The molecule has 4 heteroatoms. The van der Waals surface area contributed by atoms with Crippen LogP contribution in [0.5, 0.6) is 0 Å². The summed E-state index contributed by atoms with van der Waals surface area (Å²) in [6.45, 7) is 4.10. The summed E-state index contributed by atoms with van der Waals surface area (Å²) in [5.74, 6) is -0.937. The van der Waals surface area contributed by atoms with Gasteiger partial charge in [0.05, 0.1) is 6.10 Å². The molecule has 4 nitrogen and oxygen atoms in total. The van der Waals surface area contributed by atoms with Gasteiger partial charge in [0.15, 0.2) is 0 Å². The molecule has 0 aliphatic carbocycles. The van der Waals surface area contributed by atoms with E-state index in [0.717, 1.165) is 12.8 Å². The second-order valence-electron chi connectivity index (χ2n) is 7.93. The number of aliphatic carboxylic acids is 1. The van der Waals surface area contributed by atoms with E-state index in [2.05, 4.69) is 6.92 Å². The number of rotatable bonds is 20. The van der Waals surface area contributed by atoms with E-state index in [4.69, 9.17) is 9.84 Å². The fourth-order valence-electron chi connectivity index (χ4n) is 3.35. The van der Waals surface area contributed by atoms with E-state index in [9.17, 15) is 9.59 Å². The van der Waals surface area contributed by atoms with Crippen molar-refractivity contribution < 1.29 is 19.4 Å². The summed E-state index contributed by atoms with van der Waals surface area (Å²) in [7, 11) is 0. The minimum Gasteiger partial charge on any atom is -0.481 e. The van der Waals surface area contributed by atoms with Crippen LogP contribution in [0, 0.1) is 0 Å². The Kier molecular flexibility index (Phi) is 18.9. The van der Waals surface area contributed by atoms with Gasteiger partial charge in [-0.3, -0.25) is 9.59 Å². The number of carboxylic acid groups (broad SMARTS) is 1. The third kappa shape index (κ3) is 21.1. The number of unbranched alkanes of at least 4 members (excludes halogenated alkanes) is 13. The Morgan fingerprint density at radius 3 is 1.59 bits per heavy atom. The second-order valence-corrected chi connectivity index (χ2v) is 7.93. The quantitative estimate of drug-likeness (QED) is 0.180. The van der Waals surface area contributed by atoms with Gasteiger partial charge in [0.25, 0.3) is 0 Å². The first-order valence-electron chi connectivity index (χ1n) is 11.5. The zero-order valence-electron chi connectivity index (χ0n) is 18.0. The maximum Gasteiger partial charge on any atom is 0.306 e. The standard InChI is InChI=1S/C23H44O4/c1-3-4-5-6-7-8-9-10-11-12-13-14-15-16-20-23(26)27-21(2)18-17-19-22(24)25/h21H,3-20H2,1-2H3,(H,24,25). The van der Waals surface area contributed by atoms with Crippen LogP contribution in [0.3, 0.4) is 0 Å². The maximum absolute atomic E-state index is 11.7. The van der Waals surface area contributed by atoms with E-state index in [-0.39, 0.29) is 18.5 Å². The smallest absolute Gasteiger partial charge is 0.306 e. The molecule has 0 aromatic rings. The summed E-state index contributed by atoms with van der Waals surface area (Å²) in [5.41, 5.74) is 0. The molecule has 0 radical (unpaired) electrons. The molecule has 0 aliphatic heterocycles. The lowest BCUT2D eigenvalue weighted by Crippen LogP contribution is -2.15. The Morgan fingerprint density at radius 1 is 0.704 bits per heavy atom. The van der Waals surface area contributed by atoms with Gasteiger partial charge >= 0.3 is 11.9 Å². The van der Waals surface area contributed by atoms with E-state index in [1.807, 2.05) is 6.92 Å². The number of hydrogen-bond acceptors (Lipinski definition) is 3. The van der Waals surface area contributed by atoms with Crippen LogP contribution in [0.15, 0.2) is 0 Å². The summed E-state index contributed by atoms with van der Waals surface area (Å²) >= 11 is 0. The van der Waals surface area contributed by atoms with Gasteiger partial charge in [-0.25, -0.2) is 0 Å². The predicted octanol–water partition coefficient (Wildman–Crippen LogP) is 7.04. The van der Waals surface area contributed by atoms with Crippen LogP contribution in [0.2, 0.25) is 0 Å². The molecular weight excluding hydrogens is 340 g/mol. The molecule has 0 aromatic heterocycles. The van der Waals surface area contributed by atoms with Crippen molar-refractivity contribution in [2.24, 2.45) is 0 Å². The molecule has 1 atom stereocenters. The first-order valence-corrected chi connectivity index (χ1v) is 11.5. The first-order chi connectivity index (χ1) is 13.1. The zero-order valence-corrected chi connectivity index (χ0v) is 18.0. The van der Waals surface area contributed by atoms with Gasteiger partial charge in [0.2, 0.25) is 0 Å². The van der Waals surface area contributed by atoms with Crippen LogP contribution >= 0.6 is 0 Å². The molecule has 0 amide bonds. The summed E-state index contributed by atoms with van der Waals surface area (Å²) in [4.78, 5) is 22.2. The van der Waals surface area contributed by atoms with E-state index in [0.29, 0.717) is 19.3 Å². The normalized spacial score (nSPS) is 12.1. The van der Waals surface area contributed by atoms with Crippen molar-refractivity contribution in [2.45, 2.75) is 136 Å². The summed E-state index contributed by atoms with van der Waals surface area (Å²) < 4.78 is 5.31. The van der Waals surface area contributed by atoms with Crippen LogP contribution < -0.4 is 0 Å². The SMILES string of the molecule is CCCCCCCCCCCCCCCCC(=O)OC(C)CCCC(=O)O. The zero-order chi connectivity index (χ0) is 20.2. The fraction of sp³-hybridized carbons (Fsp3) is 0.913. The Balaban J connectivity index is 3.27. The fourth-order valence-corrected chi connectivity index (χ4v) is 3.35. The number of carboxylic acids is 1. The largest absolute Gasteiger partial charge is 0.481 e. The average Bonchev–Trinajstić information content (AvgIpc) is 2.61. The molecule has 0 spiro atoms. The van der Waals surface area contributed by atoms with E-state index in [1.54, 1.807) is 0 Å². The molecule has 160 valence electrons. The van der Waals surface area contributed by atoms with E-state index >= 15 is 0 Å². The van der Waals surface area contributed by atoms with E-state index < -0.39 is 5.97 Å². The summed E-state index contributed by atoms with van der Waals surface area (Å²) in [5, 5.41) is 8.60. The van der Waals surface area contributed by atoms with Gasteiger partial charge in [-0.2, -0.15) is 0 Å². The molecule has 0 aliphatic rings. The van der Waals surface area contributed by atoms with Crippen molar-refractivity contribution in [1.82, 2.24) is 0 Å². The summed E-state index contributed by atoms with van der Waals surface area (Å²) in [6, 6.07) is 0. The molecular formula is C23H44O4. The van der Waals surface area contributed by atoms with Gasteiger partial charge in [-0.05, 0) is 26.2 Å². The van der Waals surface area contributed by atoms with Crippen molar-refractivity contribution in [2.75, 3.05) is 0 Å². The molecule has 1 N–H and O–H groups in total. The molecule has 0 heterocycles. The minimum atomic E-state index is -0.795. The third-order valence-electron chi connectivity index (χ3n) is 5.07. The maximum atomic E-state index is 11.7. The number of carbonyl (C=O) groups excluding carboxylic acids is 1. The first kappa shape index (κ1) is 25.9. The van der Waals surface area contributed by atoms with Crippen LogP contribution in [-0.2, 0) is 14.3 Å². The van der Waals surface area contributed by atoms with Gasteiger partial charge in [-0.1, -0.05) is 90.4 Å². The van der Waals surface area contributed by atoms with Crippen molar-refractivity contribution in [3.8, 4) is 0 Å². The van der Waals surface area contributed by atoms with Gasteiger partial charge in [0, 0.05) is 12.8 Å². The number of carbonyl (C=O) groups is 2. The molecule has 0 rings (SSSR count). The van der Waals surface area contributed by atoms with Crippen molar-refractivity contribution in [3.05, 3.63) is 0 Å². The minimum absolute atomic E-state index is 0.140. The predicted molar refractivity (Wildman–Crippen MR) is 112 cm³/mol.